The zero-order chi connectivity index (χ0) is 21.7. The number of imidazole rings is 1. The smallest absolute Gasteiger partial charge is 0.179 e. The molecule has 158 valence electrons. The van der Waals surface area contributed by atoms with Gasteiger partial charge in [-0.05, 0) is 72.1 Å². The zero-order valence-corrected chi connectivity index (χ0v) is 19.5. The van der Waals surface area contributed by atoms with Crippen LogP contribution in [0.15, 0.2) is 82.5 Å². The van der Waals surface area contributed by atoms with Crippen molar-refractivity contribution >= 4 is 55.8 Å². The third-order valence-electron chi connectivity index (χ3n) is 6.24. The van der Waals surface area contributed by atoms with Crippen molar-refractivity contribution in [3.8, 4) is 0 Å². The third-order valence-corrected chi connectivity index (χ3v) is 7.06. The standard InChI is InChI=1S/C25H20BrN5S/c26-17-8-5-16(6-9-17)23-24(29-20-11-7-15-3-1-2-4-19(15)20)30-25(32)31(23)18-10-12-21-22(13-18)28-14-27-21/h1-6,8-10,12-14,20,23H,7,11H2,(H,27,28)(H,29,30,32). The zero-order valence-electron chi connectivity index (χ0n) is 17.1. The first kappa shape index (κ1) is 19.6. The van der Waals surface area contributed by atoms with Gasteiger partial charge in [-0.3, -0.25) is 4.99 Å². The molecule has 0 amide bonds. The lowest BCUT2D eigenvalue weighted by Gasteiger charge is -2.25. The number of hydrogen-bond acceptors (Lipinski definition) is 3. The second-order valence-electron chi connectivity index (χ2n) is 8.13. The maximum absolute atomic E-state index is 5.82. The number of nitrogens with zero attached hydrogens (tertiary/aromatic N) is 3. The van der Waals surface area contributed by atoms with Crippen LogP contribution < -0.4 is 10.2 Å². The van der Waals surface area contributed by atoms with Crippen LogP contribution in [0.2, 0.25) is 0 Å². The van der Waals surface area contributed by atoms with Gasteiger partial charge in [-0.25, -0.2) is 4.98 Å². The fourth-order valence-corrected chi connectivity index (χ4v) is 5.29. The average molecular weight is 502 g/mol. The molecule has 0 spiro atoms. The van der Waals surface area contributed by atoms with Gasteiger partial charge in [-0.15, -0.1) is 0 Å². The number of aryl methyl sites for hydroxylation is 1. The Morgan fingerprint density at radius 2 is 1.91 bits per heavy atom. The lowest BCUT2D eigenvalue weighted by Crippen LogP contribution is -2.29. The SMILES string of the molecule is S=C1N/C(=N/C2CCc3ccccc32)C(c2ccc(Br)cc2)N1c1ccc2[nH]cnc2c1. The van der Waals surface area contributed by atoms with Crippen LogP contribution in [0.25, 0.3) is 11.0 Å². The molecule has 1 aliphatic heterocycles. The fraction of sp³-hybridized carbons (Fsp3) is 0.160. The van der Waals surface area contributed by atoms with Crippen LogP contribution in [0.5, 0.6) is 0 Å². The van der Waals surface area contributed by atoms with Crippen LogP contribution >= 0.6 is 28.1 Å². The highest BCUT2D eigenvalue weighted by Crippen LogP contribution is 2.38. The van der Waals surface area contributed by atoms with Gasteiger partial charge in [-0.2, -0.15) is 0 Å². The first-order valence-corrected chi connectivity index (χ1v) is 11.8. The molecule has 0 saturated carbocycles. The number of thiocarbonyl (C=S) groups is 1. The number of H-pyrrole nitrogens is 1. The Hall–Kier alpha value is -3.03. The maximum Gasteiger partial charge on any atom is 0.179 e. The van der Waals surface area contributed by atoms with Crippen molar-refractivity contribution in [1.82, 2.24) is 15.3 Å². The second-order valence-corrected chi connectivity index (χ2v) is 9.43. The number of hydrogen-bond donors (Lipinski definition) is 2. The van der Waals surface area contributed by atoms with Crippen LogP contribution in [0, 0.1) is 0 Å². The normalized spacial score (nSPS) is 21.3. The summed E-state index contributed by atoms with van der Waals surface area (Å²) in [4.78, 5) is 15.0. The Balaban J connectivity index is 1.46. The molecular weight excluding hydrogens is 482 g/mol. The Morgan fingerprint density at radius 3 is 2.78 bits per heavy atom. The summed E-state index contributed by atoms with van der Waals surface area (Å²) in [6, 6.07) is 23.2. The summed E-state index contributed by atoms with van der Waals surface area (Å²) in [5.74, 6) is 0.890. The fourth-order valence-electron chi connectivity index (χ4n) is 4.71. The van der Waals surface area contributed by atoms with Gasteiger partial charge >= 0.3 is 0 Å². The van der Waals surface area contributed by atoms with Gasteiger partial charge in [0.25, 0.3) is 0 Å². The molecule has 2 atom stereocenters. The first-order valence-electron chi connectivity index (χ1n) is 10.6. The van der Waals surface area contributed by atoms with Crippen molar-refractivity contribution in [3.05, 3.63) is 94.2 Å². The van der Waals surface area contributed by atoms with Crippen LogP contribution in [0.1, 0.15) is 35.2 Å². The van der Waals surface area contributed by atoms with Gasteiger partial charge in [0, 0.05) is 10.2 Å². The number of fused-ring (bicyclic) bond motifs is 2. The number of nitrogens with one attached hydrogen (secondary N) is 2. The van der Waals surface area contributed by atoms with Crippen molar-refractivity contribution in [3.63, 3.8) is 0 Å². The van der Waals surface area contributed by atoms with Gasteiger partial charge in [-0.1, -0.05) is 52.3 Å². The Labute approximate surface area is 199 Å². The van der Waals surface area contributed by atoms with E-state index in [0.717, 1.165) is 45.4 Å². The Kier molecular flexibility index (Phi) is 4.81. The van der Waals surface area contributed by atoms with Crippen LogP contribution in [-0.2, 0) is 6.42 Å². The number of aliphatic imine (C=N–C) groups is 1. The van der Waals surface area contributed by atoms with E-state index in [-0.39, 0.29) is 12.1 Å². The highest BCUT2D eigenvalue weighted by Gasteiger charge is 2.37. The molecule has 7 heteroatoms. The Morgan fingerprint density at radius 1 is 1.06 bits per heavy atom. The topological polar surface area (TPSA) is 56.3 Å². The van der Waals surface area contributed by atoms with Crippen molar-refractivity contribution in [2.24, 2.45) is 4.99 Å². The summed E-state index contributed by atoms with van der Waals surface area (Å²) in [5.41, 5.74) is 6.75. The molecule has 3 aromatic carbocycles. The van der Waals surface area contributed by atoms with Gasteiger partial charge in [0.1, 0.15) is 11.9 Å². The number of rotatable bonds is 3. The van der Waals surface area contributed by atoms with Gasteiger partial charge in [0.05, 0.1) is 23.4 Å². The molecule has 2 heterocycles. The van der Waals surface area contributed by atoms with Crippen molar-refractivity contribution in [2.75, 3.05) is 4.90 Å². The van der Waals surface area contributed by atoms with Gasteiger partial charge in [0.15, 0.2) is 5.11 Å². The molecule has 2 aliphatic rings. The second kappa shape index (κ2) is 7.83. The lowest BCUT2D eigenvalue weighted by molar-refractivity contribution is 0.707. The molecule has 1 aliphatic carbocycles. The molecule has 2 N–H and O–H groups in total. The van der Waals surface area contributed by atoms with E-state index in [2.05, 4.69) is 96.8 Å². The molecule has 4 aromatic rings. The number of halogens is 1. The molecule has 32 heavy (non-hydrogen) atoms. The summed E-state index contributed by atoms with van der Waals surface area (Å²) in [6.45, 7) is 0. The number of amidine groups is 1. The maximum atomic E-state index is 5.82. The number of anilines is 1. The summed E-state index contributed by atoms with van der Waals surface area (Å²) in [7, 11) is 0. The van der Waals surface area contributed by atoms with Gasteiger partial charge in [0.2, 0.25) is 0 Å². The number of aromatic amines is 1. The molecule has 5 nitrogen and oxygen atoms in total. The van der Waals surface area contributed by atoms with E-state index in [1.807, 2.05) is 6.07 Å². The highest BCUT2D eigenvalue weighted by molar-refractivity contribution is 9.10. The number of aromatic nitrogens is 2. The molecule has 1 fully saturated rings. The predicted octanol–water partition coefficient (Wildman–Crippen LogP) is 5.85. The van der Waals surface area contributed by atoms with Crippen molar-refractivity contribution < 1.29 is 0 Å². The van der Waals surface area contributed by atoms with E-state index < -0.39 is 0 Å². The van der Waals surface area contributed by atoms with E-state index in [0.29, 0.717) is 5.11 Å². The molecule has 6 rings (SSSR count). The van der Waals surface area contributed by atoms with E-state index in [1.54, 1.807) is 6.33 Å². The monoisotopic (exact) mass is 501 g/mol. The van der Waals surface area contributed by atoms with Crippen LogP contribution in [-0.4, -0.2) is 20.9 Å². The van der Waals surface area contributed by atoms with E-state index in [9.17, 15) is 0 Å². The number of benzene rings is 3. The molecule has 0 bridgehead atoms. The van der Waals surface area contributed by atoms with Crippen LogP contribution in [0.3, 0.4) is 0 Å². The predicted molar refractivity (Wildman–Crippen MR) is 136 cm³/mol. The molecule has 2 unspecified atom stereocenters. The molecule has 0 radical (unpaired) electrons. The molecule has 1 aromatic heterocycles. The minimum Gasteiger partial charge on any atom is -0.345 e. The highest BCUT2D eigenvalue weighted by atomic mass is 79.9. The minimum absolute atomic E-state index is 0.125. The van der Waals surface area contributed by atoms with Crippen LogP contribution in [0.4, 0.5) is 5.69 Å². The third kappa shape index (κ3) is 3.32. The minimum atomic E-state index is -0.125. The first-order chi connectivity index (χ1) is 15.7. The summed E-state index contributed by atoms with van der Waals surface area (Å²) < 4.78 is 1.04. The lowest BCUT2D eigenvalue weighted by atomic mass is 10.0. The molecular formula is C25H20BrN5S. The average Bonchev–Trinajstić information content (AvgIpc) is 3.51. The van der Waals surface area contributed by atoms with Gasteiger partial charge < -0.3 is 15.2 Å². The van der Waals surface area contributed by atoms with E-state index in [4.69, 9.17) is 17.2 Å². The van der Waals surface area contributed by atoms with E-state index >= 15 is 0 Å². The summed E-state index contributed by atoms with van der Waals surface area (Å²) in [6.07, 6.45) is 3.79. The quantitative estimate of drug-likeness (QED) is 0.346. The largest absolute Gasteiger partial charge is 0.345 e. The van der Waals surface area contributed by atoms with Crippen molar-refractivity contribution in [1.29, 1.82) is 0 Å². The van der Waals surface area contributed by atoms with E-state index in [1.165, 1.54) is 11.1 Å². The molecule has 1 saturated heterocycles. The summed E-state index contributed by atoms with van der Waals surface area (Å²) >= 11 is 9.38. The summed E-state index contributed by atoms with van der Waals surface area (Å²) in [5, 5.41) is 4.08. The Bertz CT molecular complexity index is 1360. The van der Waals surface area contributed by atoms with Crippen molar-refractivity contribution in [2.45, 2.75) is 24.9 Å².